The molecule has 0 atom stereocenters. The molecule has 1 aromatic carbocycles. The Balaban J connectivity index is 1.54. The first kappa shape index (κ1) is 20.7. The lowest BCUT2D eigenvalue weighted by Gasteiger charge is -2.18. The molecule has 0 aliphatic carbocycles. The number of hydrogen-bond acceptors (Lipinski definition) is 6. The zero-order valence-electron chi connectivity index (χ0n) is 15.9. The van der Waals surface area contributed by atoms with E-state index in [1.165, 1.54) is 18.2 Å². The molecule has 1 aliphatic heterocycles. The van der Waals surface area contributed by atoms with Crippen LogP contribution < -0.4 is 20.3 Å². The van der Waals surface area contributed by atoms with Crippen LogP contribution >= 0.6 is 0 Å². The molecule has 10 heteroatoms. The minimum Gasteiger partial charge on any atom is -0.405 e. The fourth-order valence-corrected chi connectivity index (χ4v) is 3.08. The van der Waals surface area contributed by atoms with Crippen LogP contribution in [-0.2, 0) is 0 Å². The van der Waals surface area contributed by atoms with E-state index < -0.39 is 18.0 Å². The van der Waals surface area contributed by atoms with Gasteiger partial charge in [-0.05, 0) is 31.9 Å². The molecule has 0 radical (unpaired) electrons. The normalized spacial score (nSPS) is 14.0. The Morgan fingerprint density at radius 3 is 2.62 bits per heavy atom. The molecular weight excluding hydrogens is 387 g/mol. The van der Waals surface area contributed by atoms with Crippen molar-refractivity contribution in [2.24, 2.45) is 0 Å². The molecule has 3 rings (SSSR count). The topological polar surface area (TPSA) is 79.4 Å². The van der Waals surface area contributed by atoms with Gasteiger partial charge >= 0.3 is 6.36 Å². The lowest BCUT2D eigenvalue weighted by atomic mass is 10.2. The van der Waals surface area contributed by atoms with E-state index in [0.29, 0.717) is 18.2 Å². The maximum atomic E-state index is 12.5. The number of nitrogens with one attached hydrogen (secondary N) is 2. The zero-order chi connectivity index (χ0) is 20.9. The number of alkyl halides is 3. The van der Waals surface area contributed by atoms with Crippen molar-refractivity contribution in [3.63, 3.8) is 0 Å². The van der Waals surface area contributed by atoms with Gasteiger partial charge in [0.05, 0.1) is 5.56 Å². The average Bonchev–Trinajstić information content (AvgIpc) is 3.19. The standard InChI is InChI=1S/C19H22F3N5O2/c1-13-25-16(12-17(26-13)27-10-4-5-11-27)23-8-9-24-18(28)14-6-2-3-7-15(14)29-19(20,21)22/h2-3,6-7,12H,4-5,8-11H2,1H3,(H,24,28)(H,23,25,26). The monoisotopic (exact) mass is 409 g/mol. The third kappa shape index (κ3) is 5.97. The van der Waals surface area contributed by atoms with E-state index in [2.05, 4.69) is 30.2 Å². The third-order valence-electron chi connectivity index (χ3n) is 4.33. The number of hydrogen-bond donors (Lipinski definition) is 2. The fraction of sp³-hybridized carbons (Fsp3) is 0.421. The van der Waals surface area contributed by atoms with E-state index in [1.54, 1.807) is 0 Å². The molecule has 29 heavy (non-hydrogen) atoms. The van der Waals surface area contributed by atoms with Gasteiger partial charge in [-0.3, -0.25) is 4.79 Å². The Labute approximate surface area is 166 Å². The molecule has 1 amide bonds. The molecule has 1 saturated heterocycles. The maximum absolute atomic E-state index is 12.5. The number of anilines is 2. The highest BCUT2D eigenvalue weighted by Crippen LogP contribution is 2.26. The van der Waals surface area contributed by atoms with E-state index in [4.69, 9.17) is 0 Å². The molecule has 0 spiro atoms. The van der Waals surface area contributed by atoms with Crippen LogP contribution in [0.5, 0.6) is 5.75 Å². The highest BCUT2D eigenvalue weighted by Gasteiger charge is 2.32. The molecule has 0 saturated carbocycles. The first-order valence-corrected chi connectivity index (χ1v) is 9.29. The van der Waals surface area contributed by atoms with E-state index in [0.717, 1.165) is 37.8 Å². The molecule has 156 valence electrons. The number of benzene rings is 1. The average molecular weight is 409 g/mol. The second kappa shape index (κ2) is 8.97. The van der Waals surface area contributed by atoms with Crippen molar-refractivity contribution in [2.75, 3.05) is 36.4 Å². The Morgan fingerprint density at radius 1 is 1.17 bits per heavy atom. The van der Waals surface area contributed by atoms with Gasteiger partial charge in [-0.1, -0.05) is 12.1 Å². The summed E-state index contributed by atoms with van der Waals surface area (Å²) < 4.78 is 41.3. The Bertz CT molecular complexity index is 854. The molecule has 0 bridgehead atoms. The van der Waals surface area contributed by atoms with Gasteiger partial charge in [0.25, 0.3) is 5.91 Å². The van der Waals surface area contributed by atoms with E-state index >= 15 is 0 Å². The number of amides is 1. The van der Waals surface area contributed by atoms with Gasteiger partial charge in [-0.2, -0.15) is 0 Å². The van der Waals surface area contributed by atoms with Crippen LogP contribution in [0.3, 0.4) is 0 Å². The molecular formula is C19H22F3N5O2. The summed E-state index contributed by atoms with van der Waals surface area (Å²) in [6, 6.07) is 7.07. The highest BCUT2D eigenvalue weighted by molar-refractivity contribution is 5.96. The zero-order valence-corrected chi connectivity index (χ0v) is 15.9. The number of ether oxygens (including phenoxy) is 1. The smallest absolute Gasteiger partial charge is 0.405 e. The number of para-hydroxylation sites is 1. The van der Waals surface area contributed by atoms with Crippen molar-refractivity contribution >= 4 is 17.5 Å². The predicted molar refractivity (Wildman–Crippen MR) is 102 cm³/mol. The fourth-order valence-electron chi connectivity index (χ4n) is 3.08. The predicted octanol–water partition coefficient (Wildman–Crippen LogP) is 3.13. The summed E-state index contributed by atoms with van der Waals surface area (Å²) in [5.41, 5.74) is -0.181. The first-order chi connectivity index (χ1) is 13.8. The SMILES string of the molecule is Cc1nc(NCCNC(=O)c2ccccc2OC(F)(F)F)cc(N2CCCC2)n1. The second-order valence-electron chi connectivity index (χ2n) is 6.58. The van der Waals surface area contributed by atoms with E-state index in [9.17, 15) is 18.0 Å². The van der Waals surface area contributed by atoms with Crippen LogP contribution in [-0.4, -0.2) is 48.4 Å². The number of halogens is 3. The number of rotatable bonds is 7. The quantitative estimate of drug-likeness (QED) is 0.684. The summed E-state index contributed by atoms with van der Waals surface area (Å²) in [5, 5.41) is 5.68. The Morgan fingerprint density at radius 2 is 1.90 bits per heavy atom. The summed E-state index contributed by atoms with van der Waals surface area (Å²) in [6.45, 7) is 4.28. The van der Waals surface area contributed by atoms with E-state index in [1.807, 2.05) is 13.0 Å². The maximum Gasteiger partial charge on any atom is 0.573 e. The van der Waals surface area contributed by atoms with Crippen molar-refractivity contribution in [1.29, 1.82) is 0 Å². The van der Waals surface area contributed by atoms with Crippen LogP contribution in [0.4, 0.5) is 24.8 Å². The summed E-state index contributed by atoms with van der Waals surface area (Å²) >= 11 is 0. The lowest BCUT2D eigenvalue weighted by Crippen LogP contribution is -2.30. The number of aryl methyl sites for hydroxylation is 1. The molecule has 2 heterocycles. The Hall–Kier alpha value is -3.04. The van der Waals surface area contributed by atoms with Gasteiger partial charge in [0.1, 0.15) is 23.2 Å². The first-order valence-electron chi connectivity index (χ1n) is 9.29. The van der Waals surface area contributed by atoms with Crippen molar-refractivity contribution in [3.8, 4) is 5.75 Å². The molecule has 2 N–H and O–H groups in total. The van der Waals surface area contributed by atoms with Gasteiger partial charge in [-0.25, -0.2) is 9.97 Å². The lowest BCUT2D eigenvalue weighted by molar-refractivity contribution is -0.274. The number of aromatic nitrogens is 2. The summed E-state index contributed by atoms with van der Waals surface area (Å²) in [4.78, 5) is 23.2. The molecule has 1 aliphatic rings. The van der Waals surface area contributed by atoms with Gasteiger partial charge in [-0.15, -0.1) is 13.2 Å². The summed E-state index contributed by atoms with van der Waals surface area (Å²) in [6.07, 6.45) is -2.59. The highest BCUT2D eigenvalue weighted by atomic mass is 19.4. The van der Waals surface area contributed by atoms with Crippen LogP contribution in [0.1, 0.15) is 29.0 Å². The molecule has 0 unspecified atom stereocenters. The largest absolute Gasteiger partial charge is 0.573 e. The van der Waals surface area contributed by atoms with E-state index in [-0.39, 0.29) is 12.1 Å². The van der Waals surface area contributed by atoms with Crippen molar-refractivity contribution in [1.82, 2.24) is 15.3 Å². The van der Waals surface area contributed by atoms with Crippen molar-refractivity contribution in [3.05, 3.63) is 41.7 Å². The van der Waals surface area contributed by atoms with Gasteiger partial charge in [0.2, 0.25) is 0 Å². The van der Waals surface area contributed by atoms with Gasteiger partial charge < -0.3 is 20.3 Å². The molecule has 1 fully saturated rings. The molecule has 1 aromatic heterocycles. The number of carbonyl (C=O) groups is 1. The van der Waals surface area contributed by atoms with Crippen LogP contribution in [0, 0.1) is 6.92 Å². The second-order valence-corrected chi connectivity index (χ2v) is 6.58. The van der Waals surface area contributed by atoms with Gasteiger partial charge in [0.15, 0.2) is 0 Å². The van der Waals surface area contributed by atoms with Crippen LogP contribution in [0.2, 0.25) is 0 Å². The number of carbonyl (C=O) groups excluding carboxylic acids is 1. The molecule has 2 aromatic rings. The Kier molecular flexibility index (Phi) is 6.40. The van der Waals surface area contributed by atoms with Crippen LogP contribution in [0.15, 0.2) is 30.3 Å². The van der Waals surface area contributed by atoms with Crippen LogP contribution in [0.25, 0.3) is 0 Å². The minimum absolute atomic E-state index is 0.181. The summed E-state index contributed by atoms with van der Waals surface area (Å²) in [7, 11) is 0. The summed E-state index contributed by atoms with van der Waals surface area (Å²) in [5.74, 6) is 0.948. The van der Waals surface area contributed by atoms with Gasteiger partial charge in [0, 0.05) is 32.2 Å². The van der Waals surface area contributed by atoms with Crippen molar-refractivity contribution < 1.29 is 22.7 Å². The minimum atomic E-state index is -4.87. The third-order valence-corrected chi connectivity index (χ3v) is 4.33. The number of nitrogens with zero attached hydrogens (tertiary/aromatic N) is 3. The molecule has 7 nitrogen and oxygen atoms in total. The van der Waals surface area contributed by atoms with Crippen molar-refractivity contribution in [2.45, 2.75) is 26.1 Å².